The number of ether oxygens (including phenoxy) is 2. The number of nitrogens with one attached hydrogen (secondary N) is 2. The average Bonchev–Trinajstić information content (AvgIpc) is 2.63. The molecule has 1 aromatic rings. The Labute approximate surface area is 160 Å². The van der Waals surface area contributed by atoms with Crippen LogP contribution in [-0.4, -0.2) is 25.2 Å². The Kier molecular flexibility index (Phi) is 6.37. The van der Waals surface area contributed by atoms with Crippen LogP contribution < -0.4 is 15.4 Å². The Hall–Kier alpha value is -2.50. The van der Waals surface area contributed by atoms with Gasteiger partial charge in [-0.1, -0.05) is 37.5 Å². The standard InChI is InChI=1S/C21H28N2O4/c1-14-18(20(24)27-15-10-6-4-3-5-7-11-15)19(23-21(25)22-14)16-12-8-9-13-17(16)26-2/h8-9,12-13,15,19H,3-7,10-11H2,1-2H3,(H2,22,23,25)/t19-/m0/s1. The molecule has 3 rings (SSSR count). The number of carbonyl (C=O) groups excluding carboxylic acids is 2. The molecule has 1 atom stereocenters. The van der Waals surface area contributed by atoms with Crippen molar-refractivity contribution in [2.24, 2.45) is 0 Å². The minimum atomic E-state index is -0.601. The summed E-state index contributed by atoms with van der Waals surface area (Å²) in [5.74, 6) is 0.246. The monoisotopic (exact) mass is 372 g/mol. The zero-order valence-electron chi connectivity index (χ0n) is 16.0. The predicted octanol–water partition coefficient (Wildman–Crippen LogP) is 3.98. The van der Waals surface area contributed by atoms with E-state index >= 15 is 0 Å². The molecule has 2 amide bonds. The van der Waals surface area contributed by atoms with Gasteiger partial charge in [0.25, 0.3) is 0 Å². The highest BCUT2D eigenvalue weighted by Crippen LogP contribution is 2.34. The number of hydrogen-bond acceptors (Lipinski definition) is 4. The molecule has 1 aliphatic carbocycles. The summed E-state index contributed by atoms with van der Waals surface area (Å²) in [4.78, 5) is 25.1. The average molecular weight is 372 g/mol. The molecule has 27 heavy (non-hydrogen) atoms. The Morgan fingerprint density at radius 1 is 1.07 bits per heavy atom. The van der Waals surface area contributed by atoms with E-state index in [1.54, 1.807) is 14.0 Å². The second-order valence-electron chi connectivity index (χ2n) is 7.18. The number of allylic oxidation sites excluding steroid dienone is 1. The highest BCUT2D eigenvalue weighted by atomic mass is 16.5. The minimum Gasteiger partial charge on any atom is -0.496 e. The van der Waals surface area contributed by atoms with E-state index in [1.165, 1.54) is 19.3 Å². The maximum Gasteiger partial charge on any atom is 0.338 e. The summed E-state index contributed by atoms with van der Waals surface area (Å²) in [5, 5.41) is 5.53. The van der Waals surface area contributed by atoms with Crippen molar-refractivity contribution in [1.29, 1.82) is 0 Å². The van der Waals surface area contributed by atoms with Crippen LogP contribution in [0.5, 0.6) is 5.75 Å². The molecular formula is C21H28N2O4. The number of urea groups is 1. The maximum atomic E-state index is 13.1. The van der Waals surface area contributed by atoms with Gasteiger partial charge in [-0.25, -0.2) is 9.59 Å². The largest absolute Gasteiger partial charge is 0.496 e. The molecule has 1 aromatic carbocycles. The summed E-state index contributed by atoms with van der Waals surface area (Å²) >= 11 is 0. The lowest BCUT2D eigenvalue weighted by molar-refractivity contribution is -0.145. The normalized spacial score (nSPS) is 21.6. The van der Waals surface area contributed by atoms with E-state index in [9.17, 15) is 9.59 Å². The van der Waals surface area contributed by atoms with Gasteiger partial charge in [0.2, 0.25) is 0 Å². The van der Waals surface area contributed by atoms with E-state index in [0.717, 1.165) is 31.2 Å². The van der Waals surface area contributed by atoms with Crippen LogP contribution >= 0.6 is 0 Å². The summed E-state index contributed by atoms with van der Waals surface area (Å²) in [6.45, 7) is 1.73. The second kappa shape index (κ2) is 8.93. The smallest absolute Gasteiger partial charge is 0.338 e. The van der Waals surface area contributed by atoms with Crippen molar-refractivity contribution in [3.8, 4) is 5.75 Å². The van der Waals surface area contributed by atoms with Crippen molar-refractivity contribution in [2.45, 2.75) is 64.0 Å². The number of esters is 1. The topological polar surface area (TPSA) is 76.7 Å². The molecule has 0 unspecified atom stereocenters. The predicted molar refractivity (Wildman–Crippen MR) is 102 cm³/mol. The summed E-state index contributed by atoms with van der Waals surface area (Å²) in [5.41, 5.74) is 1.69. The summed E-state index contributed by atoms with van der Waals surface area (Å²) in [6.07, 6.45) is 7.55. The number of rotatable bonds is 4. The van der Waals surface area contributed by atoms with Crippen molar-refractivity contribution < 1.29 is 19.1 Å². The first-order valence-electron chi connectivity index (χ1n) is 9.72. The van der Waals surface area contributed by atoms with Crippen molar-refractivity contribution in [1.82, 2.24) is 10.6 Å². The molecule has 0 spiro atoms. The Morgan fingerprint density at radius 2 is 1.74 bits per heavy atom. The van der Waals surface area contributed by atoms with Gasteiger partial charge in [0.15, 0.2) is 0 Å². The van der Waals surface area contributed by atoms with Crippen LogP contribution in [0.1, 0.15) is 63.5 Å². The lowest BCUT2D eigenvalue weighted by Gasteiger charge is -2.30. The van der Waals surface area contributed by atoms with Crippen molar-refractivity contribution >= 4 is 12.0 Å². The van der Waals surface area contributed by atoms with Crippen LogP contribution in [0.15, 0.2) is 35.5 Å². The van der Waals surface area contributed by atoms with Gasteiger partial charge < -0.3 is 20.1 Å². The van der Waals surface area contributed by atoms with Gasteiger partial charge >= 0.3 is 12.0 Å². The fourth-order valence-corrected chi connectivity index (χ4v) is 3.85. The number of methoxy groups -OCH3 is 1. The number of para-hydroxylation sites is 1. The summed E-state index contributed by atoms with van der Waals surface area (Å²) in [7, 11) is 1.57. The lowest BCUT2D eigenvalue weighted by atomic mass is 9.94. The van der Waals surface area contributed by atoms with E-state index in [0.29, 0.717) is 17.0 Å². The Balaban J connectivity index is 1.86. The van der Waals surface area contributed by atoms with Crippen LogP contribution in [0.2, 0.25) is 0 Å². The third-order valence-corrected chi connectivity index (χ3v) is 5.26. The molecule has 0 radical (unpaired) electrons. The maximum absolute atomic E-state index is 13.1. The third-order valence-electron chi connectivity index (χ3n) is 5.26. The minimum absolute atomic E-state index is 0.0611. The van der Waals surface area contributed by atoms with Crippen molar-refractivity contribution in [3.05, 3.63) is 41.1 Å². The van der Waals surface area contributed by atoms with E-state index in [2.05, 4.69) is 10.6 Å². The molecule has 2 N–H and O–H groups in total. The van der Waals surface area contributed by atoms with Crippen molar-refractivity contribution in [2.75, 3.05) is 7.11 Å². The van der Waals surface area contributed by atoms with E-state index in [1.807, 2.05) is 24.3 Å². The van der Waals surface area contributed by atoms with Crippen LogP contribution in [0.4, 0.5) is 4.79 Å². The van der Waals surface area contributed by atoms with Gasteiger partial charge in [-0.3, -0.25) is 0 Å². The molecule has 6 nitrogen and oxygen atoms in total. The van der Waals surface area contributed by atoms with E-state index < -0.39 is 6.04 Å². The van der Waals surface area contributed by atoms with Gasteiger partial charge in [-0.15, -0.1) is 0 Å². The van der Waals surface area contributed by atoms with Gasteiger partial charge in [0.05, 0.1) is 18.7 Å². The molecule has 0 bridgehead atoms. The molecule has 0 saturated heterocycles. The quantitative estimate of drug-likeness (QED) is 0.784. The number of hydrogen-bond donors (Lipinski definition) is 2. The first-order chi connectivity index (χ1) is 13.1. The van der Waals surface area contributed by atoms with Gasteiger partial charge in [0.1, 0.15) is 11.9 Å². The molecule has 0 aromatic heterocycles. The van der Waals surface area contributed by atoms with Crippen molar-refractivity contribution in [3.63, 3.8) is 0 Å². The molecular weight excluding hydrogens is 344 g/mol. The SMILES string of the molecule is COc1ccccc1[C@@H]1NC(=O)NC(C)=C1C(=O)OC1CCCCCCC1. The highest BCUT2D eigenvalue weighted by Gasteiger charge is 2.34. The molecule has 1 fully saturated rings. The number of carbonyl (C=O) groups is 2. The number of amides is 2. The van der Waals surface area contributed by atoms with E-state index in [-0.39, 0.29) is 18.1 Å². The molecule has 146 valence electrons. The molecule has 1 heterocycles. The first-order valence-corrected chi connectivity index (χ1v) is 9.72. The second-order valence-corrected chi connectivity index (χ2v) is 7.18. The molecule has 1 aliphatic heterocycles. The zero-order valence-corrected chi connectivity index (χ0v) is 16.0. The molecule has 6 heteroatoms. The lowest BCUT2D eigenvalue weighted by Crippen LogP contribution is -2.45. The van der Waals surface area contributed by atoms with Gasteiger partial charge in [-0.05, 0) is 38.7 Å². The van der Waals surface area contributed by atoms with Crippen LogP contribution in [0, 0.1) is 0 Å². The van der Waals surface area contributed by atoms with Crippen LogP contribution in [0.25, 0.3) is 0 Å². The Bertz CT molecular complexity index is 721. The number of benzene rings is 1. The van der Waals surface area contributed by atoms with Gasteiger partial charge in [-0.2, -0.15) is 0 Å². The summed E-state index contributed by atoms with van der Waals surface area (Å²) in [6, 6.07) is 6.44. The van der Waals surface area contributed by atoms with Crippen LogP contribution in [-0.2, 0) is 9.53 Å². The van der Waals surface area contributed by atoms with E-state index in [4.69, 9.17) is 9.47 Å². The first kappa shape index (κ1) is 19.3. The van der Waals surface area contributed by atoms with Crippen LogP contribution in [0.3, 0.4) is 0 Å². The summed E-state index contributed by atoms with van der Waals surface area (Å²) < 4.78 is 11.3. The third kappa shape index (κ3) is 4.62. The van der Waals surface area contributed by atoms with Gasteiger partial charge in [0, 0.05) is 11.3 Å². The Morgan fingerprint density at radius 3 is 2.44 bits per heavy atom. The fraction of sp³-hybridized carbons (Fsp3) is 0.524. The zero-order chi connectivity index (χ0) is 19.2. The molecule has 1 saturated carbocycles. The highest BCUT2D eigenvalue weighted by molar-refractivity contribution is 5.95. The molecule has 2 aliphatic rings. The fourth-order valence-electron chi connectivity index (χ4n) is 3.85.